The molecule has 0 atom stereocenters. The number of rotatable bonds is 6. The second-order valence-electron chi connectivity index (χ2n) is 6.36. The number of benzene rings is 3. The van der Waals surface area contributed by atoms with Crippen LogP contribution in [0.15, 0.2) is 79.1 Å². The Labute approximate surface area is 167 Å². The molecule has 0 saturated carbocycles. The maximum atomic E-state index is 12.1. The largest absolute Gasteiger partial charge is 0.484 e. The number of amides is 1. The molecule has 0 aliphatic rings. The monoisotopic (exact) mass is 391 g/mol. The van der Waals surface area contributed by atoms with Crippen LogP contribution < -0.4 is 10.1 Å². The third-order valence-corrected chi connectivity index (χ3v) is 4.56. The van der Waals surface area contributed by atoms with Gasteiger partial charge in [-0.25, -0.2) is 0 Å². The zero-order chi connectivity index (χ0) is 19.3. The van der Waals surface area contributed by atoms with Gasteiger partial charge in [0.2, 0.25) is 0 Å². The number of anilines is 1. The average molecular weight is 392 g/mol. The first-order valence-corrected chi connectivity index (χ1v) is 9.22. The maximum Gasteiger partial charge on any atom is 0.262 e. The Morgan fingerprint density at radius 1 is 1.04 bits per heavy atom. The molecular formula is C22H18ClN3O2. The fraction of sp³-hybridized carbons (Fsp3) is 0.0909. The minimum atomic E-state index is -0.250. The molecule has 28 heavy (non-hydrogen) atoms. The lowest BCUT2D eigenvalue weighted by Gasteiger charge is -2.07. The Hall–Kier alpha value is -3.31. The number of ether oxygens (including phenoxy) is 1. The van der Waals surface area contributed by atoms with Crippen LogP contribution in [-0.4, -0.2) is 22.3 Å². The van der Waals surface area contributed by atoms with Gasteiger partial charge in [-0.2, -0.15) is 5.10 Å². The first kappa shape index (κ1) is 18.1. The van der Waals surface area contributed by atoms with Crippen molar-refractivity contribution in [1.29, 1.82) is 0 Å². The van der Waals surface area contributed by atoms with Gasteiger partial charge in [-0.3, -0.25) is 9.48 Å². The topological polar surface area (TPSA) is 56.1 Å². The summed E-state index contributed by atoms with van der Waals surface area (Å²) < 4.78 is 7.25. The molecule has 0 unspecified atom stereocenters. The van der Waals surface area contributed by atoms with Crippen molar-refractivity contribution in [3.05, 3.63) is 89.7 Å². The summed E-state index contributed by atoms with van der Waals surface area (Å²) in [6.07, 6.45) is 3.44. The number of carbonyl (C=O) groups is 1. The van der Waals surface area contributed by atoms with Gasteiger partial charge >= 0.3 is 0 Å². The van der Waals surface area contributed by atoms with Gasteiger partial charge in [-0.05, 0) is 40.6 Å². The van der Waals surface area contributed by atoms with Crippen LogP contribution in [0.3, 0.4) is 0 Å². The molecule has 3 aromatic carbocycles. The number of aromatic nitrogens is 2. The lowest BCUT2D eigenvalue weighted by molar-refractivity contribution is -0.118. The molecule has 5 nitrogen and oxygen atoms in total. The molecule has 1 aromatic heterocycles. The third kappa shape index (κ3) is 4.32. The van der Waals surface area contributed by atoms with Crippen molar-refractivity contribution in [3.63, 3.8) is 0 Å². The van der Waals surface area contributed by atoms with E-state index in [-0.39, 0.29) is 12.5 Å². The normalized spacial score (nSPS) is 10.8. The molecule has 1 heterocycles. The minimum Gasteiger partial charge on any atom is -0.484 e. The van der Waals surface area contributed by atoms with E-state index in [1.807, 2.05) is 24.4 Å². The summed E-state index contributed by atoms with van der Waals surface area (Å²) in [6, 6.07) is 21.3. The predicted molar refractivity (Wildman–Crippen MR) is 111 cm³/mol. The summed E-state index contributed by atoms with van der Waals surface area (Å²) in [5.74, 6) is 0.339. The number of halogens is 1. The first-order chi connectivity index (χ1) is 13.7. The molecule has 140 valence electrons. The molecule has 0 saturated heterocycles. The number of hydrogen-bond acceptors (Lipinski definition) is 3. The Balaban J connectivity index is 1.37. The zero-order valence-corrected chi connectivity index (χ0v) is 15.8. The molecule has 4 aromatic rings. The van der Waals surface area contributed by atoms with Crippen LogP contribution in [0.5, 0.6) is 5.75 Å². The van der Waals surface area contributed by atoms with E-state index in [1.165, 1.54) is 16.3 Å². The molecular weight excluding hydrogens is 374 g/mol. The average Bonchev–Trinajstić information content (AvgIpc) is 3.14. The number of carbonyl (C=O) groups excluding carboxylic acids is 1. The molecule has 1 N–H and O–H groups in total. The van der Waals surface area contributed by atoms with Crippen molar-refractivity contribution >= 4 is 34.0 Å². The number of nitrogens with one attached hydrogen (secondary N) is 1. The summed E-state index contributed by atoms with van der Waals surface area (Å²) in [5, 5.41) is 10.2. The van der Waals surface area contributed by atoms with Crippen LogP contribution in [-0.2, 0) is 11.3 Å². The van der Waals surface area contributed by atoms with Crippen molar-refractivity contribution in [2.45, 2.75) is 6.54 Å². The van der Waals surface area contributed by atoms with Crippen LogP contribution >= 0.6 is 11.6 Å². The number of hydrogen-bond donors (Lipinski definition) is 1. The Bertz CT molecular complexity index is 1100. The van der Waals surface area contributed by atoms with Gasteiger partial charge in [-0.1, -0.05) is 54.1 Å². The quantitative estimate of drug-likeness (QED) is 0.515. The highest BCUT2D eigenvalue weighted by molar-refractivity contribution is 6.30. The van der Waals surface area contributed by atoms with Crippen LogP contribution in [0.1, 0.15) is 5.56 Å². The van der Waals surface area contributed by atoms with Gasteiger partial charge < -0.3 is 10.1 Å². The second-order valence-corrected chi connectivity index (χ2v) is 6.79. The highest BCUT2D eigenvalue weighted by Gasteiger charge is 2.07. The first-order valence-electron chi connectivity index (χ1n) is 8.85. The van der Waals surface area contributed by atoms with Crippen molar-refractivity contribution in [2.75, 3.05) is 11.9 Å². The molecule has 1 amide bonds. The highest BCUT2D eigenvalue weighted by atomic mass is 35.5. The van der Waals surface area contributed by atoms with E-state index in [0.29, 0.717) is 23.0 Å². The fourth-order valence-corrected chi connectivity index (χ4v) is 3.12. The van der Waals surface area contributed by atoms with E-state index in [4.69, 9.17) is 16.3 Å². The van der Waals surface area contributed by atoms with E-state index >= 15 is 0 Å². The Kier molecular flexibility index (Phi) is 5.26. The van der Waals surface area contributed by atoms with E-state index in [1.54, 1.807) is 35.1 Å². The minimum absolute atomic E-state index is 0.0872. The van der Waals surface area contributed by atoms with E-state index < -0.39 is 0 Å². The molecule has 0 fully saturated rings. The van der Waals surface area contributed by atoms with Crippen LogP contribution in [0.2, 0.25) is 5.02 Å². The van der Waals surface area contributed by atoms with Gasteiger partial charge in [0.1, 0.15) is 5.75 Å². The van der Waals surface area contributed by atoms with E-state index in [0.717, 1.165) is 0 Å². The lowest BCUT2D eigenvalue weighted by Crippen LogP contribution is -2.19. The number of fused-ring (bicyclic) bond motifs is 1. The highest BCUT2D eigenvalue weighted by Crippen LogP contribution is 2.20. The van der Waals surface area contributed by atoms with Gasteiger partial charge in [0.25, 0.3) is 5.91 Å². The molecule has 0 spiro atoms. The summed E-state index contributed by atoms with van der Waals surface area (Å²) in [5.41, 5.74) is 1.80. The van der Waals surface area contributed by atoms with E-state index in [9.17, 15) is 4.79 Å². The van der Waals surface area contributed by atoms with E-state index in [2.05, 4.69) is 34.7 Å². The lowest BCUT2D eigenvalue weighted by atomic mass is 10.0. The van der Waals surface area contributed by atoms with Crippen molar-refractivity contribution in [1.82, 2.24) is 9.78 Å². The zero-order valence-electron chi connectivity index (χ0n) is 15.0. The van der Waals surface area contributed by atoms with Crippen LogP contribution in [0.25, 0.3) is 10.8 Å². The summed E-state index contributed by atoms with van der Waals surface area (Å²) in [6.45, 7) is 0.536. The standard InChI is InChI=1S/C22H18ClN3O2/c23-18-8-10-20(11-9-18)28-15-22(27)25-19-12-24-26(14-19)13-17-6-3-5-16-4-1-2-7-21(16)17/h1-12,14H,13,15H2,(H,25,27). The Morgan fingerprint density at radius 3 is 2.68 bits per heavy atom. The molecule has 6 heteroatoms. The summed E-state index contributed by atoms with van der Waals surface area (Å²) >= 11 is 5.83. The third-order valence-electron chi connectivity index (χ3n) is 4.31. The molecule has 4 rings (SSSR count). The molecule has 0 radical (unpaired) electrons. The summed E-state index contributed by atoms with van der Waals surface area (Å²) in [7, 11) is 0. The smallest absolute Gasteiger partial charge is 0.262 e. The van der Waals surface area contributed by atoms with Crippen LogP contribution in [0.4, 0.5) is 5.69 Å². The maximum absolute atomic E-state index is 12.1. The molecule has 0 aliphatic carbocycles. The summed E-state index contributed by atoms with van der Waals surface area (Å²) in [4.78, 5) is 12.1. The van der Waals surface area contributed by atoms with Gasteiger partial charge in [0.15, 0.2) is 6.61 Å². The molecule has 0 aliphatic heterocycles. The Morgan fingerprint density at radius 2 is 1.82 bits per heavy atom. The van der Waals surface area contributed by atoms with Crippen molar-refractivity contribution < 1.29 is 9.53 Å². The van der Waals surface area contributed by atoms with Crippen molar-refractivity contribution in [2.24, 2.45) is 0 Å². The molecule has 0 bridgehead atoms. The van der Waals surface area contributed by atoms with Gasteiger partial charge in [0.05, 0.1) is 18.4 Å². The predicted octanol–water partition coefficient (Wildman–Crippen LogP) is 4.76. The fourth-order valence-electron chi connectivity index (χ4n) is 3.00. The van der Waals surface area contributed by atoms with Gasteiger partial charge in [-0.15, -0.1) is 0 Å². The number of nitrogens with zero attached hydrogens (tertiary/aromatic N) is 2. The van der Waals surface area contributed by atoms with Crippen LogP contribution in [0, 0.1) is 0 Å². The van der Waals surface area contributed by atoms with Crippen molar-refractivity contribution in [3.8, 4) is 5.75 Å². The van der Waals surface area contributed by atoms with Gasteiger partial charge in [0, 0.05) is 11.2 Å². The SMILES string of the molecule is O=C(COc1ccc(Cl)cc1)Nc1cnn(Cc2cccc3ccccc23)c1. The second kappa shape index (κ2) is 8.15.